The average molecular weight is 352 g/mol. The summed E-state index contributed by atoms with van der Waals surface area (Å²) >= 11 is 9.43. The molecule has 0 aliphatic rings. The van der Waals surface area contributed by atoms with Gasteiger partial charge in [-0.3, -0.25) is 4.57 Å². The Morgan fingerprint density at radius 3 is 2.80 bits per heavy atom. The number of hydrogen-bond donors (Lipinski definition) is 1. The number of aromatic carboxylic acids is 1. The first kappa shape index (κ1) is 13.1. The van der Waals surface area contributed by atoms with Crippen molar-refractivity contribution >= 4 is 44.5 Å². The number of aromatic nitrogens is 2. The molecule has 100 valence electrons. The third-order valence-electron chi connectivity index (χ3n) is 2.99. The number of nitrogens with zero attached hydrogens (tertiary/aromatic N) is 2. The molecule has 0 aliphatic carbocycles. The maximum absolute atomic E-state index is 11.2. The molecular formula is C14H8BrClN2O2. The Morgan fingerprint density at radius 2 is 2.10 bits per heavy atom. The van der Waals surface area contributed by atoms with E-state index in [-0.39, 0.29) is 5.56 Å². The molecule has 0 amide bonds. The lowest BCUT2D eigenvalue weighted by Crippen LogP contribution is -1.98. The van der Waals surface area contributed by atoms with E-state index >= 15 is 0 Å². The zero-order chi connectivity index (χ0) is 14.3. The SMILES string of the molecule is O=C(O)c1cccc2c1ncn2-c1ccc(Br)c(Cl)c1. The van der Waals surface area contributed by atoms with E-state index in [4.69, 9.17) is 16.7 Å². The van der Waals surface area contributed by atoms with Crippen LogP contribution in [0.15, 0.2) is 47.2 Å². The normalized spacial score (nSPS) is 10.9. The van der Waals surface area contributed by atoms with Gasteiger partial charge in [0.15, 0.2) is 0 Å². The van der Waals surface area contributed by atoms with Gasteiger partial charge in [-0.2, -0.15) is 0 Å². The van der Waals surface area contributed by atoms with Crippen molar-refractivity contribution in [3.8, 4) is 5.69 Å². The minimum atomic E-state index is -0.991. The third kappa shape index (κ3) is 2.09. The van der Waals surface area contributed by atoms with E-state index in [1.54, 1.807) is 23.0 Å². The summed E-state index contributed by atoms with van der Waals surface area (Å²) in [5.74, 6) is -0.991. The highest BCUT2D eigenvalue weighted by atomic mass is 79.9. The Balaban J connectivity index is 2.25. The van der Waals surface area contributed by atoms with Gasteiger partial charge in [0.1, 0.15) is 11.8 Å². The predicted octanol–water partition coefficient (Wildman–Crippen LogP) is 4.14. The summed E-state index contributed by atoms with van der Waals surface area (Å²) in [4.78, 5) is 15.4. The van der Waals surface area contributed by atoms with Gasteiger partial charge in [-0.25, -0.2) is 9.78 Å². The van der Waals surface area contributed by atoms with E-state index in [1.807, 2.05) is 18.2 Å². The zero-order valence-corrected chi connectivity index (χ0v) is 12.4. The first-order valence-electron chi connectivity index (χ1n) is 5.72. The Morgan fingerprint density at radius 1 is 1.30 bits per heavy atom. The van der Waals surface area contributed by atoms with Gasteiger partial charge in [-0.15, -0.1) is 0 Å². The summed E-state index contributed by atoms with van der Waals surface area (Å²) in [5, 5.41) is 9.75. The smallest absolute Gasteiger partial charge is 0.337 e. The number of rotatable bonds is 2. The van der Waals surface area contributed by atoms with Crippen molar-refractivity contribution in [2.24, 2.45) is 0 Å². The van der Waals surface area contributed by atoms with Crippen molar-refractivity contribution < 1.29 is 9.90 Å². The number of carboxylic acids is 1. The monoisotopic (exact) mass is 350 g/mol. The molecule has 0 atom stereocenters. The molecule has 0 fully saturated rings. The number of para-hydroxylation sites is 1. The number of benzene rings is 2. The molecule has 0 bridgehead atoms. The van der Waals surface area contributed by atoms with Crippen LogP contribution in [0.25, 0.3) is 16.7 Å². The van der Waals surface area contributed by atoms with Crippen LogP contribution in [0.2, 0.25) is 5.02 Å². The zero-order valence-electron chi connectivity index (χ0n) is 10.0. The summed E-state index contributed by atoms with van der Waals surface area (Å²) in [6.07, 6.45) is 1.59. The highest BCUT2D eigenvalue weighted by Gasteiger charge is 2.13. The van der Waals surface area contributed by atoms with Crippen molar-refractivity contribution in [3.63, 3.8) is 0 Å². The maximum Gasteiger partial charge on any atom is 0.337 e. The van der Waals surface area contributed by atoms with Crippen molar-refractivity contribution in [1.29, 1.82) is 0 Å². The molecule has 0 saturated heterocycles. The van der Waals surface area contributed by atoms with Gasteiger partial charge in [-0.05, 0) is 46.3 Å². The van der Waals surface area contributed by atoms with Crippen LogP contribution in [0.5, 0.6) is 0 Å². The van der Waals surface area contributed by atoms with Gasteiger partial charge in [0.2, 0.25) is 0 Å². The van der Waals surface area contributed by atoms with Gasteiger partial charge < -0.3 is 5.11 Å². The van der Waals surface area contributed by atoms with E-state index in [0.29, 0.717) is 10.5 Å². The molecule has 1 aromatic heterocycles. The lowest BCUT2D eigenvalue weighted by Gasteiger charge is -2.06. The minimum Gasteiger partial charge on any atom is -0.478 e. The van der Waals surface area contributed by atoms with E-state index < -0.39 is 5.97 Å². The Bertz CT molecular complexity index is 829. The van der Waals surface area contributed by atoms with Crippen LogP contribution in [0.3, 0.4) is 0 Å². The summed E-state index contributed by atoms with van der Waals surface area (Å²) in [5.41, 5.74) is 2.19. The summed E-state index contributed by atoms with van der Waals surface area (Å²) < 4.78 is 2.61. The van der Waals surface area contributed by atoms with Crippen molar-refractivity contribution in [2.45, 2.75) is 0 Å². The molecule has 4 nitrogen and oxygen atoms in total. The molecule has 0 unspecified atom stereocenters. The van der Waals surface area contributed by atoms with E-state index in [2.05, 4.69) is 20.9 Å². The molecular weight excluding hydrogens is 344 g/mol. The van der Waals surface area contributed by atoms with Gasteiger partial charge in [0.25, 0.3) is 0 Å². The predicted molar refractivity (Wildman–Crippen MR) is 80.7 cm³/mol. The molecule has 2 aromatic carbocycles. The lowest BCUT2D eigenvalue weighted by atomic mass is 10.2. The Kier molecular flexibility index (Phi) is 3.23. The minimum absolute atomic E-state index is 0.185. The topological polar surface area (TPSA) is 55.1 Å². The molecule has 1 heterocycles. The fraction of sp³-hybridized carbons (Fsp3) is 0. The summed E-state index contributed by atoms with van der Waals surface area (Å²) in [6.45, 7) is 0. The molecule has 20 heavy (non-hydrogen) atoms. The molecule has 3 aromatic rings. The van der Waals surface area contributed by atoms with Gasteiger partial charge in [0, 0.05) is 10.2 Å². The van der Waals surface area contributed by atoms with Gasteiger partial charge >= 0.3 is 5.97 Å². The lowest BCUT2D eigenvalue weighted by molar-refractivity contribution is 0.0699. The standard InChI is InChI=1S/C14H8BrClN2O2/c15-10-5-4-8(6-11(10)16)18-7-17-13-9(14(19)20)2-1-3-12(13)18/h1-7H,(H,19,20). The Hall–Kier alpha value is -1.85. The van der Waals surface area contributed by atoms with E-state index in [0.717, 1.165) is 15.7 Å². The third-order valence-corrected chi connectivity index (χ3v) is 4.22. The van der Waals surface area contributed by atoms with Gasteiger partial charge in [-0.1, -0.05) is 17.7 Å². The van der Waals surface area contributed by atoms with Crippen LogP contribution < -0.4 is 0 Å². The number of hydrogen-bond acceptors (Lipinski definition) is 2. The number of halogens is 2. The number of imidazole rings is 1. The molecule has 1 N–H and O–H groups in total. The fourth-order valence-electron chi connectivity index (χ4n) is 2.05. The molecule has 3 rings (SSSR count). The van der Waals surface area contributed by atoms with Crippen molar-refractivity contribution in [3.05, 3.63) is 57.8 Å². The van der Waals surface area contributed by atoms with Crippen LogP contribution in [0, 0.1) is 0 Å². The fourth-order valence-corrected chi connectivity index (χ4v) is 2.47. The molecule has 0 aliphatic heterocycles. The number of fused-ring (bicyclic) bond motifs is 1. The van der Waals surface area contributed by atoms with Crippen LogP contribution in [0.1, 0.15) is 10.4 Å². The molecule has 0 radical (unpaired) electrons. The van der Waals surface area contributed by atoms with Crippen molar-refractivity contribution in [2.75, 3.05) is 0 Å². The molecule has 0 saturated carbocycles. The summed E-state index contributed by atoms with van der Waals surface area (Å²) in [7, 11) is 0. The van der Waals surface area contributed by atoms with Crippen LogP contribution in [-0.2, 0) is 0 Å². The first-order chi connectivity index (χ1) is 9.58. The van der Waals surface area contributed by atoms with E-state index in [9.17, 15) is 4.79 Å². The van der Waals surface area contributed by atoms with Gasteiger partial charge in [0.05, 0.1) is 16.1 Å². The summed E-state index contributed by atoms with van der Waals surface area (Å²) in [6, 6.07) is 10.6. The second-order valence-electron chi connectivity index (χ2n) is 4.19. The van der Waals surface area contributed by atoms with Crippen LogP contribution in [0.4, 0.5) is 0 Å². The average Bonchev–Trinajstić information content (AvgIpc) is 2.85. The van der Waals surface area contributed by atoms with Crippen LogP contribution in [-0.4, -0.2) is 20.6 Å². The Labute approximate surface area is 127 Å². The number of carboxylic acid groups (broad SMARTS) is 1. The van der Waals surface area contributed by atoms with E-state index in [1.165, 1.54) is 6.07 Å². The quantitative estimate of drug-likeness (QED) is 0.755. The highest BCUT2D eigenvalue weighted by molar-refractivity contribution is 9.10. The molecule has 0 spiro atoms. The maximum atomic E-state index is 11.2. The highest BCUT2D eigenvalue weighted by Crippen LogP contribution is 2.27. The van der Waals surface area contributed by atoms with Crippen molar-refractivity contribution in [1.82, 2.24) is 9.55 Å². The largest absolute Gasteiger partial charge is 0.478 e. The second kappa shape index (κ2) is 4.92. The number of carbonyl (C=O) groups is 1. The second-order valence-corrected chi connectivity index (χ2v) is 5.45. The molecule has 6 heteroatoms. The first-order valence-corrected chi connectivity index (χ1v) is 6.90. The van der Waals surface area contributed by atoms with Crippen LogP contribution >= 0.6 is 27.5 Å².